The van der Waals surface area contributed by atoms with E-state index < -0.39 is 0 Å². The first-order chi connectivity index (χ1) is 10.7. The number of aromatic nitrogens is 1. The zero-order chi connectivity index (χ0) is 15.5. The monoisotopic (exact) mass is 297 g/mol. The number of fused-ring (bicyclic) bond motifs is 1. The number of amides is 2. The number of benzene rings is 1. The lowest BCUT2D eigenvalue weighted by atomic mass is 10.1. The van der Waals surface area contributed by atoms with Gasteiger partial charge in [0, 0.05) is 31.6 Å². The molecule has 0 bridgehead atoms. The third-order valence-corrected chi connectivity index (χ3v) is 4.03. The molecule has 3 rings (SSSR count). The summed E-state index contributed by atoms with van der Waals surface area (Å²) in [7, 11) is 0. The molecular formula is C17H19N3O2. The van der Waals surface area contributed by atoms with Gasteiger partial charge < -0.3 is 9.80 Å². The fourth-order valence-corrected chi connectivity index (χ4v) is 2.87. The van der Waals surface area contributed by atoms with E-state index >= 15 is 0 Å². The van der Waals surface area contributed by atoms with Crippen molar-refractivity contribution in [3.05, 3.63) is 36.5 Å². The number of para-hydroxylation sites is 1. The number of hydrogen-bond acceptors (Lipinski definition) is 3. The summed E-state index contributed by atoms with van der Waals surface area (Å²) in [6.45, 7) is 3.14. The summed E-state index contributed by atoms with van der Waals surface area (Å²) >= 11 is 0. The first-order valence-electron chi connectivity index (χ1n) is 7.56. The minimum Gasteiger partial charge on any atom is -0.341 e. The summed E-state index contributed by atoms with van der Waals surface area (Å²) in [5.74, 6) is -0.147. The standard InChI is InChI=1S/C17H19N3O2/c1-13(21)20(12-16(22)19-10-2-3-11-19)15-8-4-6-14-7-5-9-18-17(14)15/h4-9H,2-3,10-12H2,1H3. The van der Waals surface area contributed by atoms with Crippen molar-refractivity contribution in [1.82, 2.24) is 9.88 Å². The third kappa shape index (κ3) is 2.79. The van der Waals surface area contributed by atoms with Crippen molar-refractivity contribution in [2.24, 2.45) is 0 Å². The van der Waals surface area contributed by atoms with Crippen LogP contribution in [0.5, 0.6) is 0 Å². The van der Waals surface area contributed by atoms with E-state index in [1.54, 1.807) is 6.20 Å². The van der Waals surface area contributed by atoms with E-state index in [1.807, 2.05) is 35.2 Å². The van der Waals surface area contributed by atoms with E-state index in [0.717, 1.165) is 36.8 Å². The van der Waals surface area contributed by atoms with E-state index in [9.17, 15) is 9.59 Å². The molecule has 1 aliphatic heterocycles. The van der Waals surface area contributed by atoms with Gasteiger partial charge in [-0.25, -0.2) is 0 Å². The van der Waals surface area contributed by atoms with E-state index in [2.05, 4.69) is 4.98 Å². The molecule has 0 aliphatic carbocycles. The summed E-state index contributed by atoms with van der Waals surface area (Å²) in [6, 6.07) is 9.49. The van der Waals surface area contributed by atoms with Crippen LogP contribution < -0.4 is 4.90 Å². The Bertz CT molecular complexity index is 703. The molecule has 2 amide bonds. The Morgan fingerprint density at radius 3 is 2.64 bits per heavy atom. The number of hydrogen-bond donors (Lipinski definition) is 0. The Kier molecular flexibility index (Phi) is 4.04. The molecule has 0 radical (unpaired) electrons. The highest BCUT2D eigenvalue weighted by Crippen LogP contribution is 2.25. The predicted molar refractivity (Wildman–Crippen MR) is 85.6 cm³/mol. The van der Waals surface area contributed by atoms with Gasteiger partial charge in [-0.3, -0.25) is 14.6 Å². The number of pyridine rings is 1. The first-order valence-corrected chi connectivity index (χ1v) is 7.56. The van der Waals surface area contributed by atoms with Crippen LogP contribution in [0.3, 0.4) is 0 Å². The van der Waals surface area contributed by atoms with Gasteiger partial charge in [-0.05, 0) is 25.0 Å². The minimum atomic E-state index is -0.148. The van der Waals surface area contributed by atoms with Crippen LogP contribution in [0, 0.1) is 0 Å². The van der Waals surface area contributed by atoms with Crippen molar-refractivity contribution in [1.29, 1.82) is 0 Å². The van der Waals surface area contributed by atoms with E-state index in [-0.39, 0.29) is 18.4 Å². The highest BCUT2D eigenvalue weighted by Gasteiger charge is 2.23. The molecule has 2 heterocycles. The second kappa shape index (κ2) is 6.13. The largest absolute Gasteiger partial charge is 0.341 e. The van der Waals surface area contributed by atoms with Gasteiger partial charge >= 0.3 is 0 Å². The van der Waals surface area contributed by atoms with Crippen molar-refractivity contribution in [2.75, 3.05) is 24.5 Å². The highest BCUT2D eigenvalue weighted by atomic mass is 16.2. The molecule has 0 unspecified atom stereocenters. The summed E-state index contributed by atoms with van der Waals surface area (Å²) in [6.07, 6.45) is 3.79. The molecule has 5 nitrogen and oxygen atoms in total. The molecule has 1 aliphatic rings. The number of nitrogens with zero attached hydrogens (tertiary/aromatic N) is 3. The SMILES string of the molecule is CC(=O)N(CC(=O)N1CCCC1)c1cccc2cccnc12. The van der Waals surface area contributed by atoms with Crippen molar-refractivity contribution in [2.45, 2.75) is 19.8 Å². The third-order valence-electron chi connectivity index (χ3n) is 4.03. The lowest BCUT2D eigenvalue weighted by Crippen LogP contribution is -2.41. The Labute approximate surface area is 129 Å². The van der Waals surface area contributed by atoms with Crippen LogP contribution in [0.15, 0.2) is 36.5 Å². The lowest BCUT2D eigenvalue weighted by molar-refractivity contribution is -0.130. The molecule has 1 fully saturated rings. The van der Waals surface area contributed by atoms with Gasteiger partial charge in [0.2, 0.25) is 11.8 Å². The van der Waals surface area contributed by atoms with E-state index in [1.165, 1.54) is 11.8 Å². The summed E-state index contributed by atoms with van der Waals surface area (Å²) < 4.78 is 0. The highest BCUT2D eigenvalue weighted by molar-refractivity contribution is 6.04. The summed E-state index contributed by atoms with van der Waals surface area (Å²) in [5.41, 5.74) is 1.44. The van der Waals surface area contributed by atoms with Crippen molar-refractivity contribution in [3.8, 4) is 0 Å². The van der Waals surface area contributed by atoms with Gasteiger partial charge in [0.1, 0.15) is 6.54 Å². The zero-order valence-electron chi connectivity index (χ0n) is 12.7. The average Bonchev–Trinajstić information content (AvgIpc) is 3.06. The van der Waals surface area contributed by atoms with Gasteiger partial charge in [0.15, 0.2) is 0 Å². The van der Waals surface area contributed by atoms with Gasteiger partial charge in [-0.2, -0.15) is 0 Å². The Morgan fingerprint density at radius 1 is 1.18 bits per heavy atom. The second-order valence-electron chi connectivity index (χ2n) is 5.55. The Hall–Kier alpha value is -2.43. The Morgan fingerprint density at radius 2 is 1.91 bits per heavy atom. The van der Waals surface area contributed by atoms with Gasteiger partial charge in [-0.1, -0.05) is 18.2 Å². The molecule has 0 saturated carbocycles. The number of carbonyl (C=O) groups is 2. The normalized spacial score (nSPS) is 14.3. The predicted octanol–water partition coefficient (Wildman–Crippen LogP) is 2.21. The maximum atomic E-state index is 12.4. The fourth-order valence-electron chi connectivity index (χ4n) is 2.87. The molecule has 1 aromatic carbocycles. The number of anilines is 1. The molecule has 22 heavy (non-hydrogen) atoms. The fraction of sp³-hybridized carbons (Fsp3) is 0.353. The van der Waals surface area contributed by atoms with Crippen LogP contribution in [0.2, 0.25) is 0 Å². The average molecular weight is 297 g/mol. The molecular weight excluding hydrogens is 278 g/mol. The molecule has 0 atom stereocenters. The smallest absolute Gasteiger partial charge is 0.242 e. The summed E-state index contributed by atoms with van der Waals surface area (Å²) in [4.78, 5) is 32.2. The molecule has 2 aromatic rings. The molecule has 1 saturated heterocycles. The lowest BCUT2D eigenvalue weighted by Gasteiger charge is -2.24. The first kappa shape index (κ1) is 14.5. The van der Waals surface area contributed by atoms with Crippen LogP contribution in [-0.4, -0.2) is 41.3 Å². The van der Waals surface area contributed by atoms with Gasteiger partial charge in [0.05, 0.1) is 11.2 Å². The van der Waals surface area contributed by atoms with Crippen molar-refractivity contribution in [3.63, 3.8) is 0 Å². The number of carbonyl (C=O) groups excluding carboxylic acids is 2. The molecule has 5 heteroatoms. The van der Waals surface area contributed by atoms with Crippen molar-refractivity contribution < 1.29 is 9.59 Å². The second-order valence-corrected chi connectivity index (χ2v) is 5.55. The van der Waals surface area contributed by atoms with Crippen molar-refractivity contribution >= 4 is 28.4 Å². The van der Waals surface area contributed by atoms with Crippen LogP contribution >= 0.6 is 0 Å². The van der Waals surface area contributed by atoms with E-state index in [0.29, 0.717) is 5.69 Å². The van der Waals surface area contributed by atoms with Crippen LogP contribution in [-0.2, 0) is 9.59 Å². The topological polar surface area (TPSA) is 53.5 Å². The number of rotatable bonds is 3. The zero-order valence-corrected chi connectivity index (χ0v) is 12.7. The maximum absolute atomic E-state index is 12.4. The number of likely N-dealkylation sites (tertiary alicyclic amines) is 1. The van der Waals surface area contributed by atoms with Crippen LogP contribution in [0.1, 0.15) is 19.8 Å². The molecule has 114 valence electrons. The van der Waals surface area contributed by atoms with Gasteiger partial charge in [-0.15, -0.1) is 0 Å². The maximum Gasteiger partial charge on any atom is 0.242 e. The Balaban J connectivity index is 1.93. The van der Waals surface area contributed by atoms with Crippen LogP contribution in [0.4, 0.5) is 5.69 Å². The summed E-state index contributed by atoms with van der Waals surface area (Å²) in [5, 5.41) is 0.958. The quantitative estimate of drug-likeness (QED) is 0.873. The molecule has 0 N–H and O–H groups in total. The van der Waals surface area contributed by atoms with Crippen LogP contribution in [0.25, 0.3) is 10.9 Å². The van der Waals surface area contributed by atoms with Gasteiger partial charge in [0.25, 0.3) is 0 Å². The minimum absolute atomic E-state index is 0.000587. The molecule has 1 aromatic heterocycles. The van der Waals surface area contributed by atoms with E-state index in [4.69, 9.17) is 0 Å². The molecule has 0 spiro atoms.